The average Bonchev–Trinajstić information content (AvgIpc) is 2.38. The van der Waals surface area contributed by atoms with Crippen molar-refractivity contribution in [1.82, 2.24) is 0 Å². The lowest BCUT2D eigenvalue weighted by atomic mass is 10.4. The molecule has 130 valence electrons. The molecule has 0 rings (SSSR count). The van der Waals surface area contributed by atoms with Gasteiger partial charge in [-0.3, -0.25) is 0 Å². The summed E-state index contributed by atoms with van der Waals surface area (Å²) in [6.45, 7) is 14.7. The summed E-state index contributed by atoms with van der Waals surface area (Å²) in [5.41, 5.74) is 3.98. The fourth-order valence-electron chi connectivity index (χ4n) is 2.61. The van der Waals surface area contributed by atoms with Crippen LogP contribution >= 0.6 is 0 Å². The number of hydrogen-bond donors (Lipinski definition) is 1. The van der Waals surface area contributed by atoms with Crippen molar-refractivity contribution in [3.05, 3.63) is 11.3 Å². The Morgan fingerprint density at radius 1 is 1.05 bits per heavy atom. The molecule has 0 aliphatic rings. The smallest absolute Gasteiger partial charge is 0.450 e. The topological polar surface area (TPSA) is 46.5 Å². The lowest BCUT2D eigenvalue weighted by molar-refractivity contribution is 0.0917. The second-order valence-corrected chi connectivity index (χ2v) is 20.6. The van der Waals surface area contributed by atoms with Crippen molar-refractivity contribution in [2.24, 2.45) is 0 Å². The highest BCUT2D eigenvalue weighted by atomic mass is 28.3. The monoisotopic (exact) mass is 360 g/mol. The normalized spacial score (nSPS) is 12.6. The minimum atomic E-state index is -1.19. The van der Waals surface area contributed by atoms with Gasteiger partial charge in [0.1, 0.15) is 0 Å². The third-order valence-electron chi connectivity index (χ3n) is 4.31. The number of carbonyl (C=O) groups is 1. The van der Waals surface area contributed by atoms with E-state index in [1.54, 1.807) is 0 Å². The van der Waals surface area contributed by atoms with Crippen molar-refractivity contribution in [1.29, 1.82) is 0 Å². The molecule has 22 heavy (non-hydrogen) atoms. The maximum absolute atomic E-state index is 10.3. The summed E-state index contributed by atoms with van der Waals surface area (Å²) in [7, 11) is -2.20. The number of hydrogen-bond acceptors (Lipinski definition) is 2. The SMILES string of the molecule is CC(C)=C[SiH2]CC[Si](C)(C)CC[Si](C)(C)CCCOC(=O)O. The zero-order chi connectivity index (χ0) is 17.2. The molecule has 0 saturated carbocycles. The summed E-state index contributed by atoms with van der Waals surface area (Å²) in [5.74, 6) is 0. The summed E-state index contributed by atoms with van der Waals surface area (Å²) >= 11 is 0. The van der Waals surface area contributed by atoms with Crippen molar-refractivity contribution in [3.8, 4) is 0 Å². The van der Waals surface area contributed by atoms with Gasteiger partial charge < -0.3 is 9.84 Å². The van der Waals surface area contributed by atoms with E-state index in [4.69, 9.17) is 5.11 Å². The minimum Gasteiger partial charge on any atom is -0.450 e. The molecule has 3 nitrogen and oxygen atoms in total. The highest BCUT2D eigenvalue weighted by molar-refractivity contribution is 6.83. The van der Waals surface area contributed by atoms with Crippen LogP contribution in [0.15, 0.2) is 11.3 Å². The van der Waals surface area contributed by atoms with Crippen LogP contribution in [0.25, 0.3) is 0 Å². The number of rotatable bonds is 11. The Hall–Kier alpha value is -0.339. The summed E-state index contributed by atoms with van der Waals surface area (Å²) in [6, 6.07) is 6.96. The van der Waals surface area contributed by atoms with Crippen LogP contribution in [0, 0.1) is 0 Å². The van der Waals surface area contributed by atoms with Gasteiger partial charge >= 0.3 is 6.16 Å². The Labute approximate surface area is 141 Å². The maximum atomic E-state index is 10.3. The van der Waals surface area contributed by atoms with E-state index in [1.165, 1.54) is 35.8 Å². The third-order valence-corrected chi connectivity index (χ3v) is 14.0. The van der Waals surface area contributed by atoms with Crippen LogP contribution in [-0.2, 0) is 4.74 Å². The van der Waals surface area contributed by atoms with E-state index in [9.17, 15) is 4.79 Å². The van der Waals surface area contributed by atoms with E-state index in [1.807, 2.05) is 0 Å². The standard InChI is InChI=1S/C16H36O3Si3/c1-15(2)14-20-9-11-22(5,6)13-12-21(3,4)10-7-8-19-16(17)18/h14H,7-13,20H2,1-6H3,(H,17,18). The molecule has 0 bridgehead atoms. The Balaban J connectivity index is 3.99. The quantitative estimate of drug-likeness (QED) is 0.320. The number of allylic oxidation sites excluding steroid dienone is 1. The molecule has 0 heterocycles. The van der Waals surface area contributed by atoms with Gasteiger partial charge in [-0.05, 0) is 20.3 Å². The summed E-state index contributed by atoms with van der Waals surface area (Å²) < 4.78 is 4.61. The van der Waals surface area contributed by atoms with Gasteiger partial charge in [-0.1, -0.05) is 62.0 Å². The van der Waals surface area contributed by atoms with E-state index in [0.717, 1.165) is 6.42 Å². The first-order valence-electron chi connectivity index (χ1n) is 8.53. The van der Waals surface area contributed by atoms with Crippen LogP contribution in [-0.4, -0.2) is 43.5 Å². The molecule has 1 N–H and O–H groups in total. The van der Waals surface area contributed by atoms with Crippen LogP contribution in [0.5, 0.6) is 0 Å². The molecule has 0 unspecified atom stereocenters. The summed E-state index contributed by atoms with van der Waals surface area (Å²) in [5, 5.41) is 8.48. The Bertz CT molecular complexity index is 362. The van der Waals surface area contributed by atoms with Crippen molar-refractivity contribution in [2.45, 2.75) is 76.7 Å². The fraction of sp³-hybridized carbons (Fsp3) is 0.812. The first-order chi connectivity index (χ1) is 10.0. The van der Waals surface area contributed by atoms with Gasteiger partial charge in [0.2, 0.25) is 0 Å². The van der Waals surface area contributed by atoms with E-state index >= 15 is 0 Å². The van der Waals surface area contributed by atoms with Gasteiger partial charge in [0.25, 0.3) is 0 Å². The fourth-order valence-corrected chi connectivity index (χ4v) is 15.1. The minimum absolute atomic E-state index is 0.0204. The number of carboxylic acid groups (broad SMARTS) is 1. The zero-order valence-electron chi connectivity index (χ0n) is 15.5. The molecule has 0 saturated heterocycles. The lowest BCUT2D eigenvalue weighted by Crippen LogP contribution is -2.32. The number of ether oxygens (including phenoxy) is 1. The summed E-state index contributed by atoms with van der Waals surface area (Å²) in [4.78, 5) is 10.3. The van der Waals surface area contributed by atoms with E-state index in [2.05, 4.69) is 50.5 Å². The van der Waals surface area contributed by atoms with Crippen LogP contribution in [0.3, 0.4) is 0 Å². The van der Waals surface area contributed by atoms with Gasteiger partial charge in [0, 0.05) is 25.7 Å². The molecule has 0 radical (unpaired) electrons. The molecular formula is C16H36O3Si3. The van der Waals surface area contributed by atoms with Crippen molar-refractivity contribution in [2.75, 3.05) is 6.61 Å². The molecular weight excluding hydrogens is 324 g/mol. The van der Waals surface area contributed by atoms with E-state index in [-0.39, 0.29) is 9.52 Å². The van der Waals surface area contributed by atoms with Crippen LogP contribution in [0.1, 0.15) is 20.3 Å². The van der Waals surface area contributed by atoms with Crippen molar-refractivity contribution >= 4 is 31.8 Å². The first-order valence-corrected chi connectivity index (χ1v) is 17.2. The second kappa shape index (κ2) is 10.4. The van der Waals surface area contributed by atoms with Crippen molar-refractivity contribution < 1.29 is 14.6 Å². The van der Waals surface area contributed by atoms with E-state index in [0.29, 0.717) is 6.61 Å². The van der Waals surface area contributed by atoms with Gasteiger partial charge in [0.15, 0.2) is 0 Å². The van der Waals surface area contributed by atoms with Crippen molar-refractivity contribution in [3.63, 3.8) is 0 Å². The second-order valence-electron chi connectivity index (χ2n) is 8.22. The van der Waals surface area contributed by atoms with Gasteiger partial charge in [-0.2, -0.15) is 0 Å². The molecule has 0 atom stereocenters. The molecule has 6 heteroatoms. The predicted molar refractivity (Wildman–Crippen MR) is 106 cm³/mol. The van der Waals surface area contributed by atoms with Crippen LogP contribution < -0.4 is 0 Å². The molecule has 0 aliphatic carbocycles. The Kier molecular flexibility index (Phi) is 10.3. The van der Waals surface area contributed by atoms with Gasteiger partial charge in [0.05, 0.1) is 6.61 Å². The zero-order valence-corrected chi connectivity index (χ0v) is 18.9. The highest BCUT2D eigenvalue weighted by Gasteiger charge is 2.26. The molecule has 0 aliphatic heterocycles. The maximum Gasteiger partial charge on any atom is 0.505 e. The molecule has 0 fully saturated rings. The largest absolute Gasteiger partial charge is 0.505 e. The molecule has 0 aromatic rings. The van der Waals surface area contributed by atoms with Gasteiger partial charge in [-0.15, -0.1) is 5.70 Å². The third kappa shape index (κ3) is 13.3. The van der Waals surface area contributed by atoms with Crippen LogP contribution in [0.4, 0.5) is 4.79 Å². The van der Waals surface area contributed by atoms with Crippen LogP contribution in [0.2, 0.25) is 56.4 Å². The highest BCUT2D eigenvalue weighted by Crippen LogP contribution is 2.27. The molecule has 0 aromatic carbocycles. The van der Waals surface area contributed by atoms with E-state index < -0.39 is 22.3 Å². The molecule has 0 spiro atoms. The Morgan fingerprint density at radius 2 is 1.59 bits per heavy atom. The first kappa shape index (κ1) is 21.7. The molecule has 0 aromatic heterocycles. The Morgan fingerprint density at radius 3 is 2.09 bits per heavy atom. The predicted octanol–water partition coefficient (Wildman–Crippen LogP) is 5.00. The average molecular weight is 361 g/mol. The lowest BCUT2D eigenvalue weighted by Gasteiger charge is -2.28. The summed E-state index contributed by atoms with van der Waals surface area (Å²) in [6.07, 6.45) is -0.255. The molecule has 0 amide bonds. The van der Waals surface area contributed by atoms with Gasteiger partial charge in [-0.25, -0.2) is 4.79 Å².